The standard InChI is InChI=1S/C28H26F3N3O4/c1-33(27(36)20-4-10-21(11-5-20)28(29,30)31)17-26(35)34-25(19-8-14-23(38-3)15-9-19)16-24(32-34)18-6-12-22(37-2)13-7-18/h4-15,25H,16-17H2,1-3H3. The summed E-state index contributed by atoms with van der Waals surface area (Å²) in [5, 5.41) is 5.96. The molecule has 4 rings (SSSR count). The topological polar surface area (TPSA) is 71.4 Å². The Balaban J connectivity index is 1.56. The molecular formula is C28H26F3N3O4. The van der Waals surface area contributed by atoms with Crippen LogP contribution in [0.25, 0.3) is 0 Å². The summed E-state index contributed by atoms with van der Waals surface area (Å²) < 4.78 is 49.0. The number of hydrazone groups is 1. The van der Waals surface area contributed by atoms with Gasteiger partial charge >= 0.3 is 6.18 Å². The lowest BCUT2D eigenvalue weighted by Crippen LogP contribution is -2.39. The molecule has 0 saturated heterocycles. The highest BCUT2D eigenvalue weighted by atomic mass is 19.4. The van der Waals surface area contributed by atoms with Crippen molar-refractivity contribution in [1.82, 2.24) is 9.91 Å². The molecule has 0 radical (unpaired) electrons. The zero-order valence-electron chi connectivity index (χ0n) is 21.0. The number of alkyl halides is 3. The molecule has 0 N–H and O–H groups in total. The van der Waals surface area contributed by atoms with E-state index >= 15 is 0 Å². The van der Waals surface area contributed by atoms with Gasteiger partial charge in [0.25, 0.3) is 11.8 Å². The van der Waals surface area contributed by atoms with Gasteiger partial charge in [-0.2, -0.15) is 18.3 Å². The summed E-state index contributed by atoms with van der Waals surface area (Å²) >= 11 is 0. The van der Waals surface area contributed by atoms with Gasteiger partial charge < -0.3 is 14.4 Å². The van der Waals surface area contributed by atoms with E-state index in [4.69, 9.17) is 9.47 Å². The zero-order valence-corrected chi connectivity index (χ0v) is 21.0. The summed E-state index contributed by atoms with van der Waals surface area (Å²) in [5.74, 6) is 0.349. The molecular weight excluding hydrogens is 499 g/mol. The van der Waals surface area contributed by atoms with Crippen LogP contribution in [0.1, 0.15) is 39.5 Å². The third kappa shape index (κ3) is 5.80. The van der Waals surface area contributed by atoms with Crippen LogP contribution in [0.2, 0.25) is 0 Å². The normalized spacial score (nSPS) is 15.2. The smallest absolute Gasteiger partial charge is 0.416 e. The number of carbonyl (C=O) groups excluding carboxylic acids is 2. The minimum atomic E-state index is -4.50. The maximum Gasteiger partial charge on any atom is 0.416 e. The lowest BCUT2D eigenvalue weighted by molar-refractivity contribution is -0.137. The van der Waals surface area contributed by atoms with E-state index < -0.39 is 29.6 Å². The second-order valence-electron chi connectivity index (χ2n) is 8.74. The summed E-state index contributed by atoms with van der Waals surface area (Å²) in [6, 6.07) is 18.1. The average Bonchev–Trinajstić information content (AvgIpc) is 3.38. The number of likely N-dealkylation sites (N-methyl/N-ethyl adjacent to an activating group) is 1. The first-order valence-corrected chi connectivity index (χ1v) is 11.7. The molecule has 3 aromatic carbocycles. The maximum atomic E-state index is 13.4. The molecule has 10 heteroatoms. The van der Waals surface area contributed by atoms with Gasteiger partial charge in [0.15, 0.2) is 0 Å². The molecule has 1 heterocycles. The number of rotatable bonds is 7. The van der Waals surface area contributed by atoms with Crippen LogP contribution in [-0.2, 0) is 11.0 Å². The fourth-order valence-corrected chi connectivity index (χ4v) is 4.15. The van der Waals surface area contributed by atoms with E-state index in [0.29, 0.717) is 23.6 Å². The van der Waals surface area contributed by atoms with Crippen molar-refractivity contribution in [1.29, 1.82) is 0 Å². The fourth-order valence-electron chi connectivity index (χ4n) is 4.15. The van der Waals surface area contributed by atoms with E-state index in [1.165, 1.54) is 12.1 Å². The minimum absolute atomic E-state index is 0.0452. The molecule has 0 aromatic heterocycles. The number of hydrogen-bond acceptors (Lipinski definition) is 5. The Morgan fingerprint density at radius 2 is 1.47 bits per heavy atom. The predicted molar refractivity (Wildman–Crippen MR) is 135 cm³/mol. The highest BCUT2D eigenvalue weighted by Crippen LogP contribution is 2.34. The zero-order chi connectivity index (χ0) is 27.4. The fraction of sp³-hybridized carbons (Fsp3) is 0.250. The van der Waals surface area contributed by atoms with Crippen LogP contribution in [0, 0.1) is 0 Å². The number of carbonyl (C=O) groups is 2. The first-order valence-electron chi connectivity index (χ1n) is 11.7. The van der Waals surface area contributed by atoms with Gasteiger partial charge in [0.05, 0.1) is 31.5 Å². The van der Waals surface area contributed by atoms with Crippen molar-refractivity contribution < 1.29 is 32.2 Å². The van der Waals surface area contributed by atoms with E-state index in [0.717, 1.165) is 40.3 Å². The van der Waals surface area contributed by atoms with Crippen molar-refractivity contribution >= 4 is 17.5 Å². The molecule has 198 valence electrons. The molecule has 1 atom stereocenters. The van der Waals surface area contributed by atoms with Crippen LogP contribution < -0.4 is 9.47 Å². The lowest BCUT2D eigenvalue weighted by atomic mass is 9.98. The third-order valence-electron chi connectivity index (χ3n) is 6.27. The van der Waals surface area contributed by atoms with Crippen LogP contribution >= 0.6 is 0 Å². The Kier molecular flexibility index (Phi) is 7.70. The van der Waals surface area contributed by atoms with Crippen molar-refractivity contribution in [2.75, 3.05) is 27.8 Å². The summed E-state index contributed by atoms with van der Waals surface area (Å²) in [6.07, 6.45) is -4.06. The second-order valence-corrected chi connectivity index (χ2v) is 8.74. The van der Waals surface area contributed by atoms with E-state index in [2.05, 4.69) is 5.10 Å². The molecule has 0 aliphatic carbocycles. The van der Waals surface area contributed by atoms with Gasteiger partial charge in [-0.25, -0.2) is 5.01 Å². The molecule has 1 aliphatic rings. The quantitative estimate of drug-likeness (QED) is 0.427. The molecule has 0 spiro atoms. The van der Waals surface area contributed by atoms with Crippen LogP contribution in [0.15, 0.2) is 77.9 Å². The number of halogens is 3. The Bertz CT molecular complexity index is 1320. The van der Waals surface area contributed by atoms with E-state index in [1.54, 1.807) is 38.5 Å². The Labute approximate surface area is 218 Å². The van der Waals surface area contributed by atoms with E-state index in [9.17, 15) is 22.8 Å². The van der Waals surface area contributed by atoms with Gasteiger partial charge in [0.2, 0.25) is 0 Å². The van der Waals surface area contributed by atoms with Gasteiger partial charge in [0, 0.05) is 19.0 Å². The maximum absolute atomic E-state index is 13.4. The molecule has 38 heavy (non-hydrogen) atoms. The summed E-state index contributed by atoms with van der Waals surface area (Å²) in [5.41, 5.74) is 1.55. The minimum Gasteiger partial charge on any atom is -0.497 e. The predicted octanol–water partition coefficient (Wildman–Crippen LogP) is 5.17. The van der Waals surface area contributed by atoms with Gasteiger partial charge in [-0.1, -0.05) is 12.1 Å². The monoisotopic (exact) mass is 525 g/mol. The van der Waals surface area contributed by atoms with Crippen LogP contribution in [0.3, 0.4) is 0 Å². The SMILES string of the molecule is COc1ccc(C2=NN(C(=O)CN(C)C(=O)c3ccc(C(F)(F)F)cc3)C(c3ccc(OC)cc3)C2)cc1. The molecule has 1 unspecified atom stereocenters. The summed E-state index contributed by atoms with van der Waals surface area (Å²) in [4.78, 5) is 27.4. The van der Waals surface area contributed by atoms with Crippen molar-refractivity contribution in [3.63, 3.8) is 0 Å². The van der Waals surface area contributed by atoms with Crippen molar-refractivity contribution in [3.05, 3.63) is 95.1 Å². The van der Waals surface area contributed by atoms with Crippen molar-refractivity contribution in [3.8, 4) is 11.5 Å². The number of methoxy groups -OCH3 is 2. The summed E-state index contributed by atoms with van der Waals surface area (Å²) in [6.45, 7) is -0.314. The third-order valence-corrected chi connectivity index (χ3v) is 6.27. The Hall–Kier alpha value is -4.34. The highest BCUT2D eigenvalue weighted by molar-refractivity contribution is 6.03. The molecule has 3 aromatic rings. The Morgan fingerprint density at radius 3 is 2.00 bits per heavy atom. The van der Waals surface area contributed by atoms with Crippen LogP contribution in [0.4, 0.5) is 13.2 Å². The average molecular weight is 526 g/mol. The van der Waals surface area contributed by atoms with Crippen molar-refractivity contribution in [2.24, 2.45) is 5.10 Å². The first kappa shape index (κ1) is 26.7. The number of ether oxygens (including phenoxy) is 2. The highest BCUT2D eigenvalue weighted by Gasteiger charge is 2.34. The molecule has 2 amide bonds. The largest absolute Gasteiger partial charge is 0.497 e. The van der Waals surface area contributed by atoms with Gasteiger partial charge in [-0.15, -0.1) is 0 Å². The number of amides is 2. The summed E-state index contributed by atoms with van der Waals surface area (Å²) in [7, 11) is 4.56. The number of hydrogen-bond donors (Lipinski definition) is 0. The molecule has 0 bridgehead atoms. The van der Waals surface area contributed by atoms with Crippen molar-refractivity contribution in [2.45, 2.75) is 18.6 Å². The van der Waals surface area contributed by atoms with E-state index in [-0.39, 0.29) is 12.1 Å². The van der Waals surface area contributed by atoms with Gasteiger partial charge in [-0.3, -0.25) is 9.59 Å². The van der Waals surface area contributed by atoms with Gasteiger partial charge in [0.1, 0.15) is 18.0 Å². The number of nitrogens with zero attached hydrogens (tertiary/aromatic N) is 3. The first-order chi connectivity index (χ1) is 18.1. The van der Waals surface area contributed by atoms with Gasteiger partial charge in [-0.05, 0) is 71.8 Å². The lowest BCUT2D eigenvalue weighted by Gasteiger charge is -2.25. The molecule has 0 saturated carbocycles. The second kappa shape index (κ2) is 11.0. The van der Waals surface area contributed by atoms with E-state index in [1.807, 2.05) is 24.3 Å². The molecule has 7 nitrogen and oxygen atoms in total. The van der Waals surface area contributed by atoms with Crippen LogP contribution in [0.5, 0.6) is 11.5 Å². The Morgan fingerprint density at radius 1 is 0.921 bits per heavy atom. The number of benzene rings is 3. The van der Waals surface area contributed by atoms with Crippen LogP contribution in [-0.4, -0.2) is 55.2 Å². The molecule has 0 fully saturated rings. The molecule has 1 aliphatic heterocycles.